The molecule has 2 rings (SSSR count). The normalized spacial score (nSPS) is 10.3. The molecule has 2 heterocycles. The van der Waals surface area contributed by atoms with Crippen LogP contribution in [0.1, 0.15) is 0 Å². The molecule has 0 aromatic carbocycles. The third-order valence-corrected chi connectivity index (χ3v) is 3.54. The van der Waals surface area contributed by atoms with Gasteiger partial charge in [0.25, 0.3) is 0 Å². The van der Waals surface area contributed by atoms with E-state index >= 15 is 0 Å². The Labute approximate surface area is 92.7 Å². The van der Waals surface area contributed by atoms with Gasteiger partial charge in [0.2, 0.25) is 0 Å². The molecule has 5 heteroatoms. The number of rotatable bonds is 1. The molecule has 13 heavy (non-hydrogen) atoms. The first-order chi connectivity index (χ1) is 6.27. The zero-order valence-corrected chi connectivity index (χ0v) is 9.53. The summed E-state index contributed by atoms with van der Waals surface area (Å²) in [5.74, 6) is 0. The predicted molar refractivity (Wildman–Crippen MR) is 58.1 cm³/mol. The van der Waals surface area contributed by atoms with Crippen LogP contribution in [0.5, 0.6) is 0 Å². The summed E-state index contributed by atoms with van der Waals surface area (Å²) in [6.45, 7) is 0. The SMILES string of the molecule is Clc1ccc(-c2sccc2Br)nn1. The van der Waals surface area contributed by atoms with E-state index in [-0.39, 0.29) is 0 Å². The molecule has 0 spiro atoms. The van der Waals surface area contributed by atoms with Gasteiger partial charge in [-0.25, -0.2) is 0 Å². The lowest BCUT2D eigenvalue weighted by Crippen LogP contribution is -1.84. The quantitative estimate of drug-likeness (QED) is 0.794. The number of hydrogen-bond acceptors (Lipinski definition) is 3. The molecule has 0 saturated carbocycles. The zero-order chi connectivity index (χ0) is 9.26. The van der Waals surface area contributed by atoms with Gasteiger partial charge in [0.05, 0.1) is 4.88 Å². The van der Waals surface area contributed by atoms with Gasteiger partial charge in [-0.15, -0.1) is 21.5 Å². The molecular weight excluding hydrogens is 272 g/mol. The van der Waals surface area contributed by atoms with Gasteiger partial charge in [0.15, 0.2) is 5.15 Å². The largest absolute Gasteiger partial charge is 0.151 e. The summed E-state index contributed by atoms with van der Waals surface area (Å²) in [7, 11) is 0. The first kappa shape index (κ1) is 9.12. The molecule has 0 radical (unpaired) electrons. The van der Waals surface area contributed by atoms with E-state index in [1.807, 2.05) is 17.5 Å². The lowest BCUT2D eigenvalue weighted by Gasteiger charge is -1.95. The van der Waals surface area contributed by atoms with Crippen molar-refractivity contribution in [2.75, 3.05) is 0 Å². The van der Waals surface area contributed by atoms with E-state index in [1.165, 1.54) is 0 Å². The molecule has 0 amide bonds. The van der Waals surface area contributed by atoms with E-state index in [0.717, 1.165) is 15.0 Å². The summed E-state index contributed by atoms with van der Waals surface area (Å²) >= 11 is 10.7. The molecule has 2 aromatic heterocycles. The Kier molecular flexibility index (Phi) is 2.62. The highest BCUT2D eigenvalue weighted by Gasteiger charge is 2.05. The fourth-order valence-electron chi connectivity index (χ4n) is 0.914. The summed E-state index contributed by atoms with van der Waals surface area (Å²) in [6.07, 6.45) is 0. The molecule has 0 aliphatic rings. The molecule has 0 atom stereocenters. The molecular formula is C8H4BrClN2S. The van der Waals surface area contributed by atoms with Crippen molar-refractivity contribution in [2.24, 2.45) is 0 Å². The van der Waals surface area contributed by atoms with Gasteiger partial charge in [0, 0.05) is 4.47 Å². The Balaban J connectivity index is 2.47. The minimum absolute atomic E-state index is 0.413. The number of halogens is 2. The molecule has 0 fully saturated rings. The molecule has 2 nitrogen and oxygen atoms in total. The smallest absolute Gasteiger partial charge is 0.148 e. The summed E-state index contributed by atoms with van der Waals surface area (Å²) in [5, 5.41) is 10.2. The van der Waals surface area contributed by atoms with Crippen LogP contribution in [0.25, 0.3) is 10.6 Å². The highest BCUT2D eigenvalue weighted by Crippen LogP contribution is 2.31. The van der Waals surface area contributed by atoms with Crippen molar-refractivity contribution in [1.82, 2.24) is 10.2 Å². The minimum Gasteiger partial charge on any atom is -0.148 e. The lowest BCUT2D eigenvalue weighted by molar-refractivity contribution is 1.04. The van der Waals surface area contributed by atoms with E-state index in [9.17, 15) is 0 Å². The van der Waals surface area contributed by atoms with Crippen LogP contribution in [0.2, 0.25) is 5.15 Å². The van der Waals surface area contributed by atoms with Crippen LogP contribution in [-0.2, 0) is 0 Å². The lowest BCUT2D eigenvalue weighted by atomic mass is 10.3. The zero-order valence-electron chi connectivity index (χ0n) is 6.37. The number of aromatic nitrogens is 2. The van der Waals surface area contributed by atoms with Crippen molar-refractivity contribution in [2.45, 2.75) is 0 Å². The van der Waals surface area contributed by atoms with E-state index in [0.29, 0.717) is 5.15 Å². The second-order valence-electron chi connectivity index (χ2n) is 2.34. The average molecular weight is 276 g/mol. The van der Waals surface area contributed by atoms with Gasteiger partial charge in [-0.3, -0.25) is 0 Å². The van der Waals surface area contributed by atoms with Gasteiger partial charge in [0.1, 0.15) is 5.69 Å². The van der Waals surface area contributed by atoms with Crippen LogP contribution >= 0.6 is 38.9 Å². The maximum absolute atomic E-state index is 5.63. The van der Waals surface area contributed by atoms with Crippen LogP contribution in [0.3, 0.4) is 0 Å². The molecule has 2 aromatic rings. The molecule has 0 saturated heterocycles. The third kappa shape index (κ3) is 1.90. The first-order valence-corrected chi connectivity index (χ1v) is 5.55. The Hall–Kier alpha value is -0.450. The fraction of sp³-hybridized carbons (Fsp3) is 0. The van der Waals surface area contributed by atoms with Crippen molar-refractivity contribution in [3.8, 4) is 10.6 Å². The molecule has 0 N–H and O–H groups in total. The van der Waals surface area contributed by atoms with Gasteiger partial charge in [-0.2, -0.15) is 0 Å². The summed E-state index contributed by atoms with van der Waals surface area (Å²) in [6, 6.07) is 5.57. The van der Waals surface area contributed by atoms with E-state index < -0.39 is 0 Å². The average Bonchev–Trinajstić information content (AvgIpc) is 2.53. The van der Waals surface area contributed by atoms with Gasteiger partial charge in [-0.1, -0.05) is 11.6 Å². The van der Waals surface area contributed by atoms with Crippen LogP contribution in [0.15, 0.2) is 28.1 Å². The predicted octanol–water partition coefficient (Wildman–Crippen LogP) is 3.62. The van der Waals surface area contributed by atoms with Crippen molar-refractivity contribution >= 4 is 38.9 Å². The van der Waals surface area contributed by atoms with Gasteiger partial charge >= 0.3 is 0 Å². The molecule has 0 bridgehead atoms. The minimum atomic E-state index is 0.413. The monoisotopic (exact) mass is 274 g/mol. The Morgan fingerprint density at radius 1 is 1.23 bits per heavy atom. The van der Waals surface area contributed by atoms with E-state index in [2.05, 4.69) is 26.1 Å². The molecule has 66 valence electrons. The fourth-order valence-corrected chi connectivity index (χ4v) is 2.56. The highest BCUT2D eigenvalue weighted by atomic mass is 79.9. The van der Waals surface area contributed by atoms with Crippen molar-refractivity contribution < 1.29 is 0 Å². The molecule has 0 unspecified atom stereocenters. The van der Waals surface area contributed by atoms with Crippen molar-refractivity contribution in [3.63, 3.8) is 0 Å². The van der Waals surface area contributed by atoms with Crippen LogP contribution in [-0.4, -0.2) is 10.2 Å². The summed E-state index contributed by atoms with van der Waals surface area (Å²) in [4.78, 5) is 1.07. The Morgan fingerprint density at radius 2 is 2.08 bits per heavy atom. The highest BCUT2D eigenvalue weighted by molar-refractivity contribution is 9.10. The summed E-state index contributed by atoms with van der Waals surface area (Å²) in [5.41, 5.74) is 0.839. The van der Waals surface area contributed by atoms with Gasteiger partial charge < -0.3 is 0 Å². The van der Waals surface area contributed by atoms with Crippen molar-refractivity contribution in [3.05, 3.63) is 33.2 Å². The number of nitrogens with zero attached hydrogens (tertiary/aromatic N) is 2. The second kappa shape index (κ2) is 3.74. The maximum atomic E-state index is 5.63. The van der Waals surface area contributed by atoms with E-state index in [4.69, 9.17) is 11.6 Å². The van der Waals surface area contributed by atoms with Crippen LogP contribution in [0, 0.1) is 0 Å². The second-order valence-corrected chi connectivity index (χ2v) is 4.50. The standard InChI is InChI=1S/C8H4BrClN2S/c9-5-3-4-13-8(5)6-1-2-7(10)12-11-6/h1-4H. The first-order valence-electron chi connectivity index (χ1n) is 3.50. The summed E-state index contributed by atoms with van der Waals surface area (Å²) < 4.78 is 1.04. The van der Waals surface area contributed by atoms with Crippen molar-refractivity contribution in [1.29, 1.82) is 0 Å². The Bertz CT molecular complexity index is 412. The maximum Gasteiger partial charge on any atom is 0.151 e. The molecule has 0 aliphatic carbocycles. The molecule has 0 aliphatic heterocycles. The van der Waals surface area contributed by atoms with Gasteiger partial charge in [-0.05, 0) is 39.5 Å². The number of thiophene rings is 1. The van der Waals surface area contributed by atoms with Crippen LogP contribution < -0.4 is 0 Å². The third-order valence-electron chi connectivity index (χ3n) is 1.48. The number of hydrogen-bond donors (Lipinski definition) is 0. The topological polar surface area (TPSA) is 25.8 Å². The van der Waals surface area contributed by atoms with E-state index in [1.54, 1.807) is 17.4 Å². The van der Waals surface area contributed by atoms with Crippen LogP contribution in [0.4, 0.5) is 0 Å². The Morgan fingerprint density at radius 3 is 2.62 bits per heavy atom.